The molecule has 4 nitrogen and oxygen atoms in total. The van der Waals surface area contributed by atoms with Crippen molar-refractivity contribution in [2.75, 3.05) is 4.90 Å². The van der Waals surface area contributed by atoms with Gasteiger partial charge in [-0.1, -0.05) is 92.7 Å². The molecule has 0 atom stereocenters. The first kappa shape index (κ1) is 24.7. The minimum atomic E-state index is -0.202. The molecule has 0 radical (unpaired) electrons. The summed E-state index contributed by atoms with van der Waals surface area (Å²) in [6, 6.07) is 41.5. The SMILES string of the molecule is CC1(C)c2cc(N3c4ncncc4-c4cc(-c5ccccc5)cc5cccc3c45)ccc2-c2c1ccc1c2oc2ccccc21. The molecule has 0 unspecified atom stereocenters. The van der Waals surface area contributed by atoms with Gasteiger partial charge in [0.15, 0.2) is 0 Å². The summed E-state index contributed by atoms with van der Waals surface area (Å²) in [5, 5.41) is 4.73. The Balaban J connectivity index is 1.20. The second-order valence-electron chi connectivity index (χ2n) is 12.7. The minimum Gasteiger partial charge on any atom is -0.455 e. The van der Waals surface area contributed by atoms with Crippen molar-refractivity contribution in [3.8, 4) is 33.4 Å². The van der Waals surface area contributed by atoms with Gasteiger partial charge in [0.2, 0.25) is 0 Å². The second-order valence-corrected chi connectivity index (χ2v) is 12.7. The van der Waals surface area contributed by atoms with Crippen LogP contribution in [0.15, 0.2) is 132 Å². The van der Waals surface area contributed by atoms with E-state index in [4.69, 9.17) is 9.40 Å². The Morgan fingerprint density at radius 3 is 2.44 bits per heavy atom. The van der Waals surface area contributed by atoms with Gasteiger partial charge in [-0.15, -0.1) is 0 Å². The molecule has 3 heterocycles. The number of rotatable bonds is 2. The van der Waals surface area contributed by atoms with Gasteiger partial charge in [-0.05, 0) is 75.2 Å². The van der Waals surface area contributed by atoms with Crippen molar-refractivity contribution >= 4 is 49.9 Å². The van der Waals surface area contributed by atoms with E-state index in [-0.39, 0.29) is 5.41 Å². The van der Waals surface area contributed by atoms with Crippen LogP contribution in [0.2, 0.25) is 0 Å². The fraction of sp³-hybridized carbons (Fsp3) is 0.0732. The van der Waals surface area contributed by atoms with Crippen LogP contribution in [0.4, 0.5) is 17.2 Å². The van der Waals surface area contributed by atoms with Crippen molar-refractivity contribution in [3.05, 3.63) is 139 Å². The summed E-state index contributed by atoms with van der Waals surface area (Å²) >= 11 is 0. The smallest absolute Gasteiger partial charge is 0.148 e. The molecule has 0 N–H and O–H groups in total. The molecule has 0 bridgehead atoms. The van der Waals surface area contributed by atoms with Crippen LogP contribution in [-0.2, 0) is 5.41 Å². The van der Waals surface area contributed by atoms with E-state index in [1.165, 1.54) is 44.2 Å². The largest absolute Gasteiger partial charge is 0.455 e. The van der Waals surface area contributed by atoms with Crippen LogP contribution in [0, 0.1) is 0 Å². The van der Waals surface area contributed by atoms with Crippen LogP contribution in [0.25, 0.3) is 66.1 Å². The predicted molar refractivity (Wildman–Crippen MR) is 183 cm³/mol. The lowest BCUT2D eigenvalue weighted by molar-refractivity contribution is 0.653. The van der Waals surface area contributed by atoms with E-state index < -0.39 is 0 Å². The van der Waals surface area contributed by atoms with Crippen LogP contribution >= 0.6 is 0 Å². The predicted octanol–water partition coefficient (Wildman–Crippen LogP) is 11.0. The van der Waals surface area contributed by atoms with Crippen molar-refractivity contribution in [1.29, 1.82) is 0 Å². The zero-order chi connectivity index (χ0) is 29.9. The van der Waals surface area contributed by atoms with Crippen LogP contribution in [0.5, 0.6) is 0 Å². The summed E-state index contributed by atoms with van der Waals surface area (Å²) in [6.45, 7) is 4.65. The maximum absolute atomic E-state index is 6.53. The molecule has 10 rings (SSSR count). The zero-order valence-corrected chi connectivity index (χ0v) is 24.9. The molecule has 6 aromatic carbocycles. The fourth-order valence-corrected chi connectivity index (χ4v) is 7.80. The van der Waals surface area contributed by atoms with E-state index in [0.29, 0.717) is 0 Å². The van der Waals surface area contributed by atoms with Gasteiger partial charge in [0.1, 0.15) is 23.3 Å². The monoisotopic (exact) mass is 577 g/mol. The van der Waals surface area contributed by atoms with Gasteiger partial charge in [-0.2, -0.15) is 0 Å². The molecule has 8 aromatic rings. The number of hydrogen-bond donors (Lipinski definition) is 0. The van der Waals surface area contributed by atoms with Crippen LogP contribution in [0.3, 0.4) is 0 Å². The van der Waals surface area contributed by atoms with E-state index in [1.54, 1.807) is 6.33 Å². The lowest BCUT2D eigenvalue weighted by Crippen LogP contribution is -2.19. The summed E-state index contributed by atoms with van der Waals surface area (Å²) in [7, 11) is 0. The van der Waals surface area contributed by atoms with E-state index in [2.05, 4.69) is 133 Å². The van der Waals surface area contributed by atoms with Crippen LogP contribution in [0.1, 0.15) is 25.0 Å². The highest BCUT2D eigenvalue weighted by atomic mass is 16.3. The van der Waals surface area contributed by atoms with Crippen molar-refractivity contribution in [1.82, 2.24) is 9.97 Å². The van der Waals surface area contributed by atoms with E-state index in [0.717, 1.165) is 50.3 Å². The van der Waals surface area contributed by atoms with Gasteiger partial charge in [-0.3, -0.25) is 4.90 Å². The summed E-state index contributed by atoms with van der Waals surface area (Å²) in [5.41, 5.74) is 13.5. The molecule has 1 aliphatic heterocycles. The Morgan fingerprint density at radius 2 is 1.53 bits per heavy atom. The van der Waals surface area contributed by atoms with E-state index in [1.807, 2.05) is 12.3 Å². The second kappa shape index (κ2) is 8.67. The molecule has 45 heavy (non-hydrogen) atoms. The number of anilines is 3. The standard InChI is InChI=1S/C41H27N3O/c1-41(2)33-18-17-29-28-12-6-7-14-36(28)45-39(29)38(33)30-16-15-27(21-34(30)41)44-35-13-8-11-25-19-26(24-9-4-3-5-10-24)20-31(37(25)35)32-22-42-23-43-40(32)44/h3-23H,1-2H3. The van der Waals surface area contributed by atoms with Crippen molar-refractivity contribution in [2.24, 2.45) is 0 Å². The van der Waals surface area contributed by atoms with Gasteiger partial charge < -0.3 is 4.42 Å². The summed E-state index contributed by atoms with van der Waals surface area (Å²) in [4.78, 5) is 11.7. The van der Waals surface area contributed by atoms with Crippen molar-refractivity contribution in [3.63, 3.8) is 0 Å². The molecular formula is C41H27N3O. The molecular weight excluding hydrogens is 550 g/mol. The highest BCUT2D eigenvalue weighted by Crippen LogP contribution is 2.56. The molecule has 2 aromatic heterocycles. The Bertz CT molecular complexity index is 2530. The molecule has 1 aliphatic carbocycles. The number of para-hydroxylation sites is 1. The van der Waals surface area contributed by atoms with Gasteiger partial charge in [0.05, 0.1) is 5.69 Å². The molecule has 0 fully saturated rings. The van der Waals surface area contributed by atoms with Crippen LogP contribution < -0.4 is 4.90 Å². The number of nitrogens with zero attached hydrogens (tertiary/aromatic N) is 3. The van der Waals surface area contributed by atoms with Gasteiger partial charge in [-0.25, -0.2) is 9.97 Å². The van der Waals surface area contributed by atoms with Gasteiger partial charge in [0.25, 0.3) is 0 Å². The minimum absolute atomic E-state index is 0.202. The van der Waals surface area contributed by atoms with E-state index >= 15 is 0 Å². The third kappa shape index (κ3) is 3.26. The zero-order valence-electron chi connectivity index (χ0n) is 24.9. The summed E-state index contributed by atoms with van der Waals surface area (Å²) in [6.07, 6.45) is 3.61. The third-order valence-corrected chi connectivity index (χ3v) is 9.92. The Hall–Kier alpha value is -5.74. The molecule has 212 valence electrons. The number of aromatic nitrogens is 2. The summed E-state index contributed by atoms with van der Waals surface area (Å²) in [5.74, 6) is 0.892. The molecule has 2 aliphatic rings. The Labute approximate surface area is 260 Å². The van der Waals surface area contributed by atoms with E-state index in [9.17, 15) is 0 Å². The third-order valence-electron chi connectivity index (χ3n) is 9.92. The topological polar surface area (TPSA) is 42.2 Å². The molecule has 4 heteroatoms. The molecule has 0 amide bonds. The first-order valence-electron chi connectivity index (χ1n) is 15.4. The first-order valence-corrected chi connectivity index (χ1v) is 15.4. The molecule has 0 saturated carbocycles. The quantitative estimate of drug-likeness (QED) is 0.205. The number of fused-ring (bicyclic) bond motifs is 9. The average Bonchev–Trinajstić information content (AvgIpc) is 3.57. The Morgan fingerprint density at radius 1 is 0.667 bits per heavy atom. The number of furan rings is 1. The Kier molecular flexibility index (Phi) is 4.76. The molecule has 0 spiro atoms. The molecule has 0 saturated heterocycles. The number of hydrogen-bond acceptors (Lipinski definition) is 4. The maximum Gasteiger partial charge on any atom is 0.148 e. The average molecular weight is 578 g/mol. The fourth-order valence-electron chi connectivity index (χ4n) is 7.80. The lowest BCUT2D eigenvalue weighted by atomic mass is 9.82. The normalized spacial score (nSPS) is 14.1. The van der Waals surface area contributed by atoms with Crippen LogP contribution in [-0.4, -0.2) is 9.97 Å². The highest BCUT2D eigenvalue weighted by molar-refractivity contribution is 6.15. The first-order chi connectivity index (χ1) is 22.1. The summed E-state index contributed by atoms with van der Waals surface area (Å²) < 4.78 is 6.53. The lowest BCUT2D eigenvalue weighted by Gasteiger charge is -2.33. The van der Waals surface area contributed by atoms with Crippen molar-refractivity contribution in [2.45, 2.75) is 19.3 Å². The highest BCUT2D eigenvalue weighted by Gasteiger charge is 2.39. The maximum atomic E-state index is 6.53. The van der Waals surface area contributed by atoms with Crippen molar-refractivity contribution < 1.29 is 4.42 Å². The van der Waals surface area contributed by atoms with Gasteiger partial charge >= 0.3 is 0 Å². The number of benzene rings is 6. The van der Waals surface area contributed by atoms with Gasteiger partial charge in [0, 0.05) is 44.6 Å².